The quantitative estimate of drug-likeness (QED) is 0.478. The van der Waals surface area contributed by atoms with Crippen molar-refractivity contribution >= 4 is 23.2 Å². The van der Waals surface area contributed by atoms with Gasteiger partial charge in [-0.05, 0) is 26.8 Å². The Labute approximate surface area is 104 Å². The van der Waals surface area contributed by atoms with Crippen LogP contribution in [0.15, 0.2) is 18.2 Å². The number of amides is 1. The summed E-state index contributed by atoms with van der Waals surface area (Å²) in [6.07, 6.45) is -0.713. The van der Waals surface area contributed by atoms with Crippen LogP contribution >= 0.6 is 0 Å². The zero-order valence-corrected chi connectivity index (χ0v) is 10.4. The van der Waals surface area contributed by atoms with Crippen molar-refractivity contribution in [3.8, 4) is 0 Å². The molecule has 0 bridgehead atoms. The summed E-state index contributed by atoms with van der Waals surface area (Å²) in [6.45, 7) is 5.14. The fourth-order valence-corrected chi connectivity index (χ4v) is 1.23. The van der Waals surface area contributed by atoms with Crippen molar-refractivity contribution in [2.24, 2.45) is 0 Å². The van der Waals surface area contributed by atoms with E-state index < -0.39 is 16.6 Å². The van der Waals surface area contributed by atoms with Gasteiger partial charge in [-0.3, -0.25) is 15.4 Å². The Kier molecular flexibility index (Phi) is 3.75. The highest BCUT2D eigenvalue weighted by Gasteiger charge is 2.19. The number of ether oxygens (including phenoxy) is 1. The molecule has 1 amide bonds. The molecule has 3 N–H and O–H groups in total. The molecule has 7 heteroatoms. The molecule has 0 fully saturated rings. The number of nitrogen functional groups attached to an aromatic ring is 1. The van der Waals surface area contributed by atoms with Gasteiger partial charge in [-0.15, -0.1) is 0 Å². The molecule has 0 atom stereocenters. The van der Waals surface area contributed by atoms with Gasteiger partial charge >= 0.3 is 6.09 Å². The lowest BCUT2D eigenvalue weighted by atomic mass is 10.2. The van der Waals surface area contributed by atoms with Crippen LogP contribution in [0.1, 0.15) is 20.8 Å². The number of hydrogen-bond acceptors (Lipinski definition) is 5. The lowest BCUT2D eigenvalue weighted by Crippen LogP contribution is -2.27. The zero-order valence-electron chi connectivity index (χ0n) is 10.4. The maximum absolute atomic E-state index is 11.5. The first-order valence-corrected chi connectivity index (χ1v) is 5.23. The van der Waals surface area contributed by atoms with Crippen LogP contribution in [0.4, 0.5) is 21.9 Å². The minimum Gasteiger partial charge on any atom is -0.444 e. The molecule has 0 radical (unpaired) electrons. The van der Waals surface area contributed by atoms with Gasteiger partial charge in [0, 0.05) is 6.07 Å². The monoisotopic (exact) mass is 253 g/mol. The first-order chi connectivity index (χ1) is 8.20. The van der Waals surface area contributed by atoms with Crippen LogP contribution in [0.25, 0.3) is 0 Å². The molecule has 0 saturated carbocycles. The summed E-state index contributed by atoms with van der Waals surface area (Å²) >= 11 is 0. The van der Waals surface area contributed by atoms with E-state index in [4.69, 9.17) is 10.5 Å². The second-order valence-electron chi connectivity index (χ2n) is 4.62. The fraction of sp³-hybridized carbons (Fsp3) is 0.364. The number of benzene rings is 1. The average molecular weight is 253 g/mol. The van der Waals surface area contributed by atoms with Crippen molar-refractivity contribution in [2.45, 2.75) is 26.4 Å². The predicted octanol–water partition coefficient (Wildman–Crippen LogP) is 2.52. The Morgan fingerprint density at radius 3 is 2.56 bits per heavy atom. The van der Waals surface area contributed by atoms with Gasteiger partial charge in [-0.25, -0.2) is 4.79 Å². The van der Waals surface area contributed by atoms with Crippen LogP contribution in [0.5, 0.6) is 0 Å². The number of hydrogen-bond donors (Lipinski definition) is 2. The molecular formula is C11H15N3O4. The molecule has 0 spiro atoms. The highest BCUT2D eigenvalue weighted by atomic mass is 16.6. The standard InChI is InChI=1S/C11H15N3O4/c1-11(2,3)18-10(15)13-7-5-4-6-8(9(7)12)14(16)17/h4-6H,12H2,1-3H3,(H,13,15). The van der Waals surface area contributed by atoms with Crippen LogP contribution in [0, 0.1) is 10.1 Å². The number of carbonyl (C=O) groups is 1. The molecule has 0 aliphatic heterocycles. The highest BCUT2D eigenvalue weighted by molar-refractivity contribution is 5.91. The van der Waals surface area contributed by atoms with Crippen molar-refractivity contribution < 1.29 is 14.5 Å². The number of nitro benzene ring substituents is 1. The largest absolute Gasteiger partial charge is 0.444 e. The van der Waals surface area contributed by atoms with Gasteiger partial charge < -0.3 is 10.5 Å². The molecule has 0 aromatic heterocycles. The van der Waals surface area contributed by atoms with Crippen molar-refractivity contribution in [1.82, 2.24) is 0 Å². The van der Waals surface area contributed by atoms with Crippen LogP contribution in [-0.4, -0.2) is 16.6 Å². The van der Waals surface area contributed by atoms with Crippen molar-refractivity contribution in [3.05, 3.63) is 28.3 Å². The number of rotatable bonds is 2. The first kappa shape index (κ1) is 13.8. The number of nitro groups is 1. The lowest BCUT2D eigenvalue weighted by molar-refractivity contribution is -0.383. The Morgan fingerprint density at radius 1 is 1.44 bits per heavy atom. The second-order valence-corrected chi connectivity index (χ2v) is 4.62. The summed E-state index contributed by atoms with van der Waals surface area (Å²) in [7, 11) is 0. The van der Waals surface area contributed by atoms with Crippen molar-refractivity contribution in [3.63, 3.8) is 0 Å². The van der Waals surface area contributed by atoms with E-state index in [9.17, 15) is 14.9 Å². The molecule has 1 aromatic carbocycles. The SMILES string of the molecule is CC(C)(C)OC(=O)Nc1cccc([N+](=O)[O-])c1N. The van der Waals surface area contributed by atoms with Crippen LogP contribution in [0.3, 0.4) is 0 Å². The molecule has 98 valence electrons. The smallest absolute Gasteiger partial charge is 0.412 e. The third-order valence-electron chi connectivity index (χ3n) is 1.92. The van der Waals surface area contributed by atoms with E-state index in [2.05, 4.69) is 5.32 Å². The lowest BCUT2D eigenvalue weighted by Gasteiger charge is -2.20. The van der Waals surface area contributed by atoms with Crippen LogP contribution in [-0.2, 0) is 4.74 Å². The van der Waals surface area contributed by atoms with Gasteiger partial charge in [0.2, 0.25) is 0 Å². The average Bonchev–Trinajstić information content (AvgIpc) is 2.17. The third-order valence-corrected chi connectivity index (χ3v) is 1.92. The van der Waals surface area contributed by atoms with E-state index in [1.807, 2.05) is 0 Å². The van der Waals surface area contributed by atoms with E-state index in [1.165, 1.54) is 18.2 Å². The van der Waals surface area contributed by atoms with E-state index in [0.29, 0.717) is 0 Å². The molecule has 0 aliphatic rings. The number of para-hydroxylation sites is 1. The summed E-state index contributed by atoms with van der Waals surface area (Å²) in [5.41, 5.74) is 4.72. The number of nitrogens with two attached hydrogens (primary N) is 1. The van der Waals surface area contributed by atoms with Gasteiger partial charge in [0.05, 0.1) is 10.6 Å². The molecule has 7 nitrogen and oxygen atoms in total. The Hall–Kier alpha value is -2.31. The molecule has 0 heterocycles. The van der Waals surface area contributed by atoms with E-state index in [1.54, 1.807) is 20.8 Å². The zero-order chi connectivity index (χ0) is 13.9. The minimum atomic E-state index is -0.713. The summed E-state index contributed by atoms with van der Waals surface area (Å²) < 4.78 is 5.02. The summed E-state index contributed by atoms with van der Waals surface area (Å²) in [5.74, 6) is 0. The first-order valence-electron chi connectivity index (χ1n) is 5.23. The molecule has 1 rings (SSSR count). The van der Waals surface area contributed by atoms with E-state index >= 15 is 0 Å². The number of nitrogens with one attached hydrogen (secondary N) is 1. The molecule has 18 heavy (non-hydrogen) atoms. The van der Waals surface area contributed by atoms with Crippen LogP contribution in [0.2, 0.25) is 0 Å². The van der Waals surface area contributed by atoms with Crippen molar-refractivity contribution in [1.29, 1.82) is 0 Å². The summed E-state index contributed by atoms with van der Waals surface area (Å²) in [4.78, 5) is 21.6. The number of anilines is 2. The van der Waals surface area contributed by atoms with Gasteiger partial charge in [-0.2, -0.15) is 0 Å². The van der Waals surface area contributed by atoms with Gasteiger partial charge in [0.25, 0.3) is 5.69 Å². The normalized spacial score (nSPS) is 10.8. The highest BCUT2D eigenvalue weighted by Crippen LogP contribution is 2.29. The molecule has 0 unspecified atom stereocenters. The van der Waals surface area contributed by atoms with Gasteiger partial charge in [0.15, 0.2) is 0 Å². The van der Waals surface area contributed by atoms with Crippen molar-refractivity contribution in [2.75, 3.05) is 11.1 Å². The number of carbonyl (C=O) groups excluding carboxylic acids is 1. The maximum Gasteiger partial charge on any atom is 0.412 e. The van der Waals surface area contributed by atoms with Crippen LogP contribution < -0.4 is 11.1 Å². The Morgan fingerprint density at radius 2 is 2.06 bits per heavy atom. The maximum atomic E-state index is 11.5. The summed E-state index contributed by atoms with van der Waals surface area (Å²) in [5, 5.41) is 13.0. The minimum absolute atomic E-state index is 0.103. The fourth-order valence-electron chi connectivity index (χ4n) is 1.23. The Balaban J connectivity index is 2.89. The van der Waals surface area contributed by atoms with Gasteiger partial charge in [0.1, 0.15) is 11.3 Å². The predicted molar refractivity (Wildman–Crippen MR) is 67.4 cm³/mol. The topological polar surface area (TPSA) is 107 Å². The summed E-state index contributed by atoms with van der Waals surface area (Å²) in [6, 6.07) is 4.16. The molecular weight excluding hydrogens is 238 g/mol. The van der Waals surface area contributed by atoms with E-state index in [-0.39, 0.29) is 17.1 Å². The second kappa shape index (κ2) is 4.91. The molecule has 1 aromatic rings. The molecule has 0 aliphatic carbocycles. The van der Waals surface area contributed by atoms with E-state index in [0.717, 1.165) is 0 Å². The third kappa shape index (κ3) is 3.62. The van der Waals surface area contributed by atoms with Gasteiger partial charge in [-0.1, -0.05) is 6.07 Å². The molecule has 0 saturated heterocycles. The number of nitrogens with zero attached hydrogens (tertiary/aromatic N) is 1. The Bertz CT molecular complexity index is 480.